The molecule has 12 nitrogen and oxygen atoms in total. The highest BCUT2D eigenvalue weighted by Crippen LogP contribution is 2.02. The van der Waals surface area contributed by atoms with Crippen LogP contribution in [0.5, 0.6) is 0 Å². The van der Waals surface area contributed by atoms with Gasteiger partial charge in [0.25, 0.3) is 0 Å². The first-order chi connectivity index (χ1) is 12.9. The molecule has 160 valence electrons. The van der Waals surface area contributed by atoms with Gasteiger partial charge in [0, 0.05) is 6.42 Å². The molecule has 0 bridgehead atoms. The first kappa shape index (κ1) is 25.3. The summed E-state index contributed by atoms with van der Waals surface area (Å²) in [6, 6.07) is -4.84. The van der Waals surface area contributed by atoms with Crippen molar-refractivity contribution in [1.82, 2.24) is 16.0 Å². The molecule has 12 heteroatoms. The van der Waals surface area contributed by atoms with Crippen LogP contribution >= 0.6 is 0 Å². The minimum absolute atomic E-state index is 0.198. The summed E-state index contributed by atoms with van der Waals surface area (Å²) in [7, 11) is 0. The first-order valence-electron chi connectivity index (χ1n) is 8.69. The van der Waals surface area contributed by atoms with Gasteiger partial charge in [-0.2, -0.15) is 0 Å². The Hall–Kier alpha value is -2.73. The van der Waals surface area contributed by atoms with Crippen LogP contribution in [0.2, 0.25) is 0 Å². The van der Waals surface area contributed by atoms with E-state index >= 15 is 0 Å². The van der Waals surface area contributed by atoms with E-state index in [0.717, 1.165) is 0 Å². The third-order valence-electron chi connectivity index (χ3n) is 3.88. The average molecular weight is 403 g/mol. The van der Waals surface area contributed by atoms with E-state index in [4.69, 9.17) is 16.6 Å². The van der Waals surface area contributed by atoms with Gasteiger partial charge in [0.05, 0.1) is 12.6 Å². The largest absolute Gasteiger partial charge is 0.480 e. The Balaban J connectivity index is 5.16. The van der Waals surface area contributed by atoms with Crippen LogP contribution < -0.4 is 27.4 Å². The SMILES string of the molecule is CC(NC(=O)C(CCC(N)=O)NC(=O)C(CO)NC(=O)C(N)C(C)C)C(=O)O. The fourth-order valence-corrected chi connectivity index (χ4v) is 1.97. The van der Waals surface area contributed by atoms with Crippen molar-refractivity contribution in [3.63, 3.8) is 0 Å². The van der Waals surface area contributed by atoms with E-state index in [9.17, 15) is 29.1 Å². The number of nitrogens with one attached hydrogen (secondary N) is 3. The van der Waals surface area contributed by atoms with Gasteiger partial charge in [-0.15, -0.1) is 0 Å². The molecule has 0 fully saturated rings. The Morgan fingerprint density at radius 3 is 1.82 bits per heavy atom. The first-order valence-corrected chi connectivity index (χ1v) is 8.69. The monoisotopic (exact) mass is 403 g/mol. The molecule has 28 heavy (non-hydrogen) atoms. The molecule has 0 spiro atoms. The van der Waals surface area contributed by atoms with Crippen molar-refractivity contribution >= 4 is 29.6 Å². The maximum atomic E-state index is 12.3. The zero-order chi connectivity index (χ0) is 22.0. The Kier molecular flexibility index (Phi) is 10.7. The fraction of sp³-hybridized carbons (Fsp3) is 0.688. The molecule has 4 atom stereocenters. The molecule has 0 rings (SSSR count). The molecule has 0 aliphatic heterocycles. The number of amides is 4. The second-order valence-electron chi connectivity index (χ2n) is 6.65. The van der Waals surface area contributed by atoms with Crippen LogP contribution in [-0.4, -0.2) is 70.6 Å². The van der Waals surface area contributed by atoms with Crippen molar-refractivity contribution in [3.05, 3.63) is 0 Å². The second kappa shape index (κ2) is 11.9. The number of hydrogen-bond acceptors (Lipinski definition) is 7. The molecule has 0 aromatic heterocycles. The third kappa shape index (κ3) is 8.77. The van der Waals surface area contributed by atoms with Crippen molar-refractivity contribution in [2.45, 2.75) is 57.8 Å². The number of carbonyl (C=O) groups is 5. The molecule has 0 heterocycles. The number of nitrogens with two attached hydrogens (primary N) is 2. The minimum atomic E-state index is -1.39. The van der Waals surface area contributed by atoms with E-state index in [1.165, 1.54) is 6.92 Å². The van der Waals surface area contributed by atoms with Crippen LogP contribution in [-0.2, 0) is 24.0 Å². The number of aliphatic hydroxyl groups is 1. The molecule has 9 N–H and O–H groups in total. The number of carbonyl (C=O) groups excluding carboxylic acids is 4. The van der Waals surface area contributed by atoms with Gasteiger partial charge < -0.3 is 37.6 Å². The molecule has 0 radical (unpaired) electrons. The van der Waals surface area contributed by atoms with Gasteiger partial charge in [-0.1, -0.05) is 13.8 Å². The summed E-state index contributed by atoms with van der Waals surface area (Å²) < 4.78 is 0. The summed E-state index contributed by atoms with van der Waals surface area (Å²) in [6.07, 6.45) is -0.453. The van der Waals surface area contributed by atoms with Gasteiger partial charge in [-0.05, 0) is 19.3 Å². The van der Waals surface area contributed by atoms with E-state index in [2.05, 4.69) is 16.0 Å². The Bertz CT molecular complexity index is 596. The van der Waals surface area contributed by atoms with E-state index in [0.29, 0.717) is 0 Å². The molecular weight excluding hydrogens is 374 g/mol. The third-order valence-corrected chi connectivity index (χ3v) is 3.88. The maximum absolute atomic E-state index is 12.3. The van der Waals surface area contributed by atoms with E-state index in [-0.39, 0.29) is 18.8 Å². The lowest BCUT2D eigenvalue weighted by atomic mass is 10.0. The van der Waals surface area contributed by atoms with Crippen molar-refractivity contribution in [2.24, 2.45) is 17.4 Å². The van der Waals surface area contributed by atoms with Gasteiger partial charge in [0.1, 0.15) is 18.1 Å². The predicted octanol–water partition coefficient (Wildman–Crippen LogP) is -3.21. The molecule has 0 aliphatic carbocycles. The highest BCUT2D eigenvalue weighted by molar-refractivity contribution is 5.94. The number of primary amides is 1. The van der Waals surface area contributed by atoms with Crippen molar-refractivity contribution < 1.29 is 34.2 Å². The summed E-state index contributed by atoms with van der Waals surface area (Å²) in [6.45, 7) is 3.85. The summed E-state index contributed by atoms with van der Waals surface area (Å²) in [5.41, 5.74) is 10.7. The van der Waals surface area contributed by atoms with E-state index in [1.807, 2.05) is 0 Å². The van der Waals surface area contributed by atoms with Crippen LogP contribution in [0.4, 0.5) is 0 Å². The number of carboxylic acids is 1. The lowest BCUT2D eigenvalue weighted by Crippen LogP contribution is -2.58. The molecule has 0 aromatic rings. The van der Waals surface area contributed by atoms with Gasteiger partial charge in [-0.3, -0.25) is 24.0 Å². The number of rotatable bonds is 12. The molecular formula is C16H29N5O7. The molecule has 4 amide bonds. The Labute approximate surface area is 162 Å². The second-order valence-corrected chi connectivity index (χ2v) is 6.65. The lowest BCUT2D eigenvalue weighted by molar-refractivity contribution is -0.142. The summed E-state index contributed by atoms with van der Waals surface area (Å²) >= 11 is 0. The van der Waals surface area contributed by atoms with Crippen molar-refractivity contribution in [1.29, 1.82) is 0 Å². The van der Waals surface area contributed by atoms with E-state index < -0.39 is 60.4 Å². The normalized spacial score (nSPS) is 15.1. The maximum Gasteiger partial charge on any atom is 0.325 e. The highest BCUT2D eigenvalue weighted by Gasteiger charge is 2.29. The quantitative estimate of drug-likeness (QED) is 0.175. The predicted molar refractivity (Wildman–Crippen MR) is 97.4 cm³/mol. The molecule has 0 saturated carbocycles. The van der Waals surface area contributed by atoms with Crippen LogP contribution in [0.3, 0.4) is 0 Å². The molecule has 4 unspecified atom stereocenters. The van der Waals surface area contributed by atoms with Crippen LogP contribution in [0.1, 0.15) is 33.6 Å². The van der Waals surface area contributed by atoms with Crippen molar-refractivity contribution in [3.8, 4) is 0 Å². The zero-order valence-electron chi connectivity index (χ0n) is 16.1. The summed E-state index contributed by atoms with van der Waals surface area (Å²) in [4.78, 5) is 58.4. The highest BCUT2D eigenvalue weighted by atomic mass is 16.4. The van der Waals surface area contributed by atoms with Gasteiger partial charge in [-0.25, -0.2) is 0 Å². The molecule has 0 aliphatic rings. The summed E-state index contributed by atoms with van der Waals surface area (Å²) in [5, 5.41) is 25.0. The minimum Gasteiger partial charge on any atom is -0.480 e. The van der Waals surface area contributed by atoms with Gasteiger partial charge in [0.2, 0.25) is 23.6 Å². The number of aliphatic carboxylic acids is 1. The van der Waals surface area contributed by atoms with Crippen LogP contribution in [0, 0.1) is 5.92 Å². The van der Waals surface area contributed by atoms with Gasteiger partial charge in [0.15, 0.2) is 0 Å². The van der Waals surface area contributed by atoms with Crippen LogP contribution in [0.15, 0.2) is 0 Å². The lowest BCUT2D eigenvalue weighted by Gasteiger charge is -2.24. The topological polar surface area (TPSA) is 214 Å². The average Bonchev–Trinajstić information content (AvgIpc) is 2.61. The zero-order valence-corrected chi connectivity index (χ0v) is 16.1. The smallest absolute Gasteiger partial charge is 0.325 e. The Morgan fingerprint density at radius 2 is 1.39 bits per heavy atom. The van der Waals surface area contributed by atoms with Gasteiger partial charge >= 0.3 is 5.97 Å². The molecule has 0 aromatic carbocycles. The summed E-state index contributed by atoms with van der Waals surface area (Å²) in [5.74, 6) is -4.66. The Morgan fingerprint density at radius 1 is 0.893 bits per heavy atom. The number of carboxylic acid groups (broad SMARTS) is 1. The fourth-order valence-electron chi connectivity index (χ4n) is 1.97. The van der Waals surface area contributed by atoms with Crippen molar-refractivity contribution in [2.75, 3.05) is 6.61 Å². The molecule has 0 saturated heterocycles. The standard InChI is InChI=1S/C16H29N5O7/c1-7(2)12(18)15(26)21-10(6-22)14(25)20-9(4-5-11(17)23)13(24)19-8(3)16(27)28/h7-10,12,22H,4-6,18H2,1-3H3,(H2,17,23)(H,19,24)(H,20,25)(H,21,26)(H,27,28). The van der Waals surface area contributed by atoms with Crippen LogP contribution in [0.25, 0.3) is 0 Å². The number of hydrogen-bond donors (Lipinski definition) is 7. The number of aliphatic hydroxyl groups excluding tert-OH is 1. The van der Waals surface area contributed by atoms with E-state index in [1.54, 1.807) is 13.8 Å².